The Morgan fingerprint density at radius 3 is 2.38 bits per heavy atom. The second-order valence-electron chi connectivity index (χ2n) is 4.45. The van der Waals surface area contributed by atoms with Gasteiger partial charge in [0.15, 0.2) is 0 Å². The van der Waals surface area contributed by atoms with E-state index in [0.717, 1.165) is 5.56 Å². The molecule has 7 heteroatoms. The molecule has 0 saturated heterocycles. The number of nitrogens with one attached hydrogen (secondary N) is 2. The van der Waals surface area contributed by atoms with E-state index in [-0.39, 0.29) is 31.8 Å². The monoisotopic (exact) mass is 293 g/mol. The maximum atomic E-state index is 11.7. The maximum absolute atomic E-state index is 11.7. The molecule has 0 aliphatic rings. The average Bonchev–Trinajstić information content (AvgIpc) is 2.47. The van der Waals surface area contributed by atoms with Crippen molar-refractivity contribution in [3.05, 3.63) is 35.9 Å². The number of aliphatic carboxylic acids is 1. The van der Waals surface area contributed by atoms with Crippen molar-refractivity contribution in [1.29, 1.82) is 0 Å². The van der Waals surface area contributed by atoms with E-state index in [0.29, 0.717) is 0 Å². The van der Waals surface area contributed by atoms with Gasteiger partial charge in [-0.15, -0.1) is 0 Å². The van der Waals surface area contributed by atoms with Crippen LogP contribution in [0.5, 0.6) is 0 Å². The van der Waals surface area contributed by atoms with Crippen LogP contribution in [-0.4, -0.2) is 42.0 Å². The van der Waals surface area contributed by atoms with E-state index in [1.54, 1.807) is 24.3 Å². The summed E-state index contributed by atoms with van der Waals surface area (Å²) in [5.41, 5.74) is 5.93. The Bertz CT molecular complexity index is 490. The number of carboxylic acids is 1. The third kappa shape index (κ3) is 6.53. The molecule has 0 aliphatic heterocycles. The van der Waals surface area contributed by atoms with Gasteiger partial charge >= 0.3 is 5.97 Å². The van der Waals surface area contributed by atoms with Gasteiger partial charge in [0.05, 0.1) is 6.54 Å². The van der Waals surface area contributed by atoms with Gasteiger partial charge in [-0.2, -0.15) is 0 Å². The Hall–Kier alpha value is -2.41. The summed E-state index contributed by atoms with van der Waals surface area (Å²) in [6.07, 6.45) is 0.210. The molecule has 0 saturated carbocycles. The molecule has 1 aromatic carbocycles. The van der Waals surface area contributed by atoms with E-state index in [4.69, 9.17) is 10.8 Å². The van der Waals surface area contributed by atoms with Gasteiger partial charge in [-0.05, 0) is 5.56 Å². The highest BCUT2D eigenvalue weighted by molar-refractivity contribution is 5.84. The summed E-state index contributed by atoms with van der Waals surface area (Å²) in [5, 5.41) is 14.0. The van der Waals surface area contributed by atoms with Crippen molar-refractivity contribution in [2.24, 2.45) is 5.73 Å². The first-order valence-corrected chi connectivity index (χ1v) is 6.55. The first kappa shape index (κ1) is 16.6. The molecule has 0 heterocycles. The first-order valence-electron chi connectivity index (χ1n) is 6.55. The lowest BCUT2D eigenvalue weighted by molar-refractivity contribution is -0.141. The molecule has 0 fully saturated rings. The normalized spacial score (nSPS) is 11.5. The summed E-state index contributed by atoms with van der Waals surface area (Å²) >= 11 is 0. The van der Waals surface area contributed by atoms with Crippen molar-refractivity contribution in [1.82, 2.24) is 10.6 Å². The Morgan fingerprint density at radius 2 is 1.81 bits per heavy atom. The first-order chi connectivity index (χ1) is 10.0. The zero-order valence-corrected chi connectivity index (χ0v) is 11.5. The molecule has 1 atom stereocenters. The minimum Gasteiger partial charge on any atom is -0.480 e. The van der Waals surface area contributed by atoms with Crippen LogP contribution in [0.2, 0.25) is 0 Å². The van der Waals surface area contributed by atoms with Crippen LogP contribution in [0, 0.1) is 0 Å². The van der Waals surface area contributed by atoms with Crippen molar-refractivity contribution in [2.45, 2.75) is 18.9 Å². The fourth-order valence-corrected chi connectivity index (χ4v) is 1.70. The summed E-state index contributed by atoms with van der Waals surface area (Å²) < 4.78 is 0. The van der Waals surface area contributed by atoms with E-state index < -0.39 is 17.9 Å². The van der Waals surface area contributed by atoms with Crippen LogP contribution in [0.25, 0.3) is 0 Å². The lowest BCUT2D eigenvalue weighted by Gasteiger charge is -2.14. The lowest BCUT2D eigenvalue weighted by atomic mass is 10.1. The van der Waals surface area contributed by atoms with Crippen LogP contribution >= 0.6 is 0 Å². The molecule has 0 spiro atoms. The minimum absolute atomic E-state index is 0.00428. The van der Waals surface area contributed by atoms with Gasteiger partial charge in [-0.25, -0.2) is 4.79 Å². The summed E-state index contributed by atoms with van der Waals surface area (Å²) in [6.45, 7) is -0.0209. The van der Waals surface area contributed by atoms with Gasteiger partial charge in [0.1, 0.15) is 6.04 Å². The number of hydrogen-bond donors (Lipinski definition) is 4. The fraction of sp³-hybridized carbons (Fsp3) is 0.357. The number of amides is 2. The molecule has 21 heavy (non-hydrogen) atoms. The van der Waals surface area contributed by atoms with Crippen LogP contribution < -0.4 is 16.4 Å². The van der Waals surface area contributed by atoms with E-state index in [9.17, 15) is 14.4 Å². The molecule has 114 valence electrons. The van der Waals surface area contributed by atoms with Crippen LogP contribution in [0.4, 0.5) is 0 Å². The van der Waals surface area contributed by atoms with E-state index >= 15 is 0 Å². The van der Waals surface area contributed by atoms with Crippen LogP contribution in [0.1, 0.15) is 12.0 Å². The number of carboxylic acid groups (broad SMARTS) is 1. The molecule has 1 aromatic rings. The van der Waals surface area contributed by atoms with Crippen LogP contribution in [0.15, 0.2) is 30.3 Å². The van der Waals surface area contributed by atoms with E-state index in [1.165, 1.54) is 0 Å². The number of carbonyl (C=O) groups is 3. The zero-order valence-electron chi connectivity index (χ0n) is 11.5. The predicted octanol–water partition coefficient (Wildman–Crippen LogP) is -0.736. The molecule has 1 unspecified atom stereocenters. The standard InChI is InChI=1S/C14H19N3O4/c15-9-13(19)16-7-6-12(18)17-11(14(20)21)8-10-4-2-1-3-5-10/h1-5,11H,6-9,15H2,(H,16,19)(H,17,18)(H,20,21). The van der Waals surface area contributed by atoms with Crippen molar-refractivity contribution in [3.63, 3.8) is 0 Å². The third-order valence-electron chi connectivity index (χ3n) is 2.78. The molecular formula is C14H19N3O4. The topological polar surface area (TPSA) is 122 Å². The number of rotatable bonds is 8. The van der Waals surface area contributed by atoms with Crippen LogP contribution in [0.3, 0.4) is 0 Å². The Balaban J connectivity index is 2.45. The second kappa shape index (κ2) is 8.70. The van der Waals surface area contributed by atoms with Gasteiger partial charge in [0, 0.05) is 19.4 Å². The molecule has 2 amide bonds. The van der Waals surface area contributed by atoms with E-state index in [1.807, 2.05) is 6.07 Å². The lowest BCUT2D eigenvalue weighted by Crippen LogP contribution is -2.43. The van der Waals surface area contributed by atoms with Crippen LogP contribution in [-0.2, 0) is 20.8 Å². The highest BCUT2D eigenvalue weighted by Crippen LogP contribution is 2.03. The summed E-state index contributed by atoms with van der Waals surface area (Å²) in [4.78, 5) is 33.7. The SMILES string of the molecule is NCC(=O)NCCC(=O)NC(Cc1ccccc1)C(=O)O. The van der Waals surface area contributed by atoms with Gasteiger partial charge in [0.25, 0.3) is 0 Å². The second-order valence-corrected chi connectivity index (χ2v) is 4.45. The molecule has 0 aliphatic carbocycles. The number of hydrogen-bond acceptors (Lipinski definition) is 4. The van der Waals surface area contributed by atoms with Gasteiger partial charge in [0.2, 0.25) is 11.8 Å². The van der Waals surface area contributed by atoms with Crippen molar-refractivity contribution in [2.75, 3.05) is 13.1 Å². The average molecular weight is 293 g/mol. The van der Waals surface area contributed by atoms with Crippen molar-refractivity contribution >= 4 is 17.8 Å². The Kier molecular flexibility index (Phi) is 6.90. The molecule has 0 bridgehead atoms. The number of nitrogens with two attached hydrogens (primary N) is 1. The molecule has 1 rings (SSSR count). The zero-order chi connectivity index (χ0) is 15.7. The van der Waals surface area contributed by atoms with Crippen molar-refractivity contribution < 1.29 is 19.5 Å². The summed E-state index contributed by atoms with van der Waals surface area (Å²) in [6, 6.07) is 8.03. The van der Waals surface area contributed by atoms with Crippen molar-refractivity contribution in [3.8, 4) is 0 Å². The number of benzene rings is 1. The van der Waals surface area contributed by atoms with Gasteiger partial charge in [-0.3, -0.25) is 9.59 Å². The smallest absolute Gasteiger partial charge is 0.326 e. The molecule has 7 nitrogen and oxygen atoms in total. The fourth-order valence-electron chi connectivity index (χ4n) is 1.70. The predicted molar refractivity (Wildman–Crippen MR) is 76.4 cm³/mol. The Labute approximate surface area is 122 Å². The molecule has 0 radical (unpaired) electrons. The third-order valence-corrected chi connectivity index (χ3v) is 2.78. The highest BCUT2D eigenvalue weighted by Gasteiger charge is 2.20. The highest BCUT2D eigenvalue weighted by atomic mass is 16.4. The molecular weight excluding hydrogens is 274 g/mol. The Morgan fingerprint density at radius 1 is 1.14 bits per heavy atom. The largest absolute Gasteiger partial charge is 0.480 e. The summed E-state index contributed by atoms with van der Waals surface area (Å²) in [5.74, 6) is -1.89. The molecule has 0 aromatic heterocycles. The minimum atomic E-state index is -1.10. The summed E-state index contributed by atoms with van der Waals surface area (Å²) in [7, 11) is 0. The quantitative estimate of drug-likeness (QED) is 0.503. The number of carbonyl (C=O) groups excluding carboxylic acids is 2. The van der Waals surface area contributed by atoms with Gasteiger partial charge < -0.3 is 21.5 Å². The van der Waals surface area contributed by atoms with Gasteiger partial charge in [-0.1, -0.05) is 30.3 Å². The maximum Gasteiger partial charge on any atom is 0.326 e. The molecule has 5 N–H and O–H groups in total. The van der Waals surface area contributed by atoms with E-state index in [2.05, 4.69) is 10.6 Å².